The highest BCUT2D eigenvalue weighted by Crippen LogP contribution is 2.38. The van der Waals surface area contributed by atoms with Gasteiger partial charge in [-0.15, -0.1) is 0 Å². The summed E-state index contributed by atoms with van der Waals surface area (Å²) in [5, 5.41) is 13.7. The first kappa shape index (κ1) is 30.8. The molecule has 0 amide bonds. The number of hydrogen-bond acceptors (Lipinski definition) is 4. The van der Waals surface area contributed by atoms with Gasteiger partial charge in [0.05, 0.1) is 11.1 Å². The van der Waals surface area contributed by atoms with Gasteiger partial charge in [0, 0.05) is 0 Å². The van der Waals surface area contributed by atoms with Crippen molar-refractivity contribution in [3.8, 4) is 11.5 Å². The zero-order valence-electron chi connectivity index (χ0n) is 29.3. The van der Waals surface area contributed by atoms with E-state index in [9.17, 15) is 9.59 Å². The Kier molecular flexibility index (Phi) is 6.77. The SMILES string of the molecule is O=C(Oc1cc2ccc1CCc1ccc(c(OC(=O)c3cc4ccc5cccc6ccc(c3)c4c56)c1)CC2)c1cc2ccc3cccc4ccc(c1)c2c34. The summed E-state index contributed by atoms with van der Waals surface area (Å²) in [5.41, 5.74) is 5.08. The van der Waals surface area contributed by atoms with E-state index in [-0.39, 0.29) is 11.9 Å². The number of aryl methyl sites for hydroxylation is 4. The molecule has 0 heterocycles. The van der Waals surface area contributed by atoms with Crippen molar-refractivity contribution in [3.63, 3.8) is 0 Å². The second-order valence-electron chi connectivity index (χ2n) is 14.7. The monoisotopic (exact) mass is 696 g/mol. The first-order valence-corrected chi connectivity index (χ1v) is 18.6. The van der Waals surface area contributed by atoms with Crippen LogP contribution in [0.15, 0.2) is 146 Å². The highest BCUT2D eigenvalue weighted by Gasteiger charge is 2.20. The Morgan fingerprint density at radius 2 is 0.685 bits per heavy atom. The summed E-state index contributed by atoms with van der Waals surface area (Å²) in [7, 11) is 0. The standard InChI is InChI=1S/C50H32O4/c51-49(41-25-37-19-15-33-3-1-4-34-16-20-38(26-41)47(37)45(33)34)53-43-23-29-7-11-31(43)13-9-30-8-12-32(14-10-29)44(24-30)54-50(52)42-27-39-21-17-35-5-2-6-36-18-22-40(28-42)48(39)46(35)36/h1-8,11-12,15-28H,9-10,13-14H2. The van der Waals surface area contributed by atoms with Gasteiger partial charge in [-0.2, -0.15) is 0 Å². The lowest BCUT2D eigenvalue weighted by atomic mass is 9.93. The van der Waals surface area contributed by atoms with Crippen molar-refractivity contribution >= 4 is 76.6 Å². The Bertz CT molecular complexity index is 2810. The molecule has 4 nitrogen and oxygen atoms in total. The van der Waals surface area contributed by atoms with Gasteiger partial charge in [0.15, 0.2) is 0 Å². The Balaban J connectivity index is 0.868. The van der Waals surface area contributed by atoms with E-state index in [0.717, 1.165) is 43.8 Å². The van der Waals surface area contributed by atoms with Crippen LogP contribution in [0.3, 0.4) is 0 Å². The van der Waals surface area contributed by atoms with E-state index < -0.39 is 0 Å². The lowest BCUT2D eigenvalue weighted by Crippen LogP contribution is -2.12. The molecule has 10 aromatic carbocycles. The van der Waals surface area contributed by atoms with Gasteiger partial charge in [-0.1, -0.05) is 109 Å². The van der Waals surface area contributed by atoms with Gasteiger partial charge in [-0.25, -0.2) is 9.59 Å². The Morgan fingerprint density at radius 1 is 0.352 bits per heavy atom. The van der Waals surface area contributed by atoms with Crippen LogP contribution in [-0.2, 0) is 25.7 Å². The molecule has 4 aliphatic carbocycles. The van der Waals surface area contributed by atoms with Crippen molar-refractivity contribution in [2.24, 2.45) is 0 Å². The van der Waals surface area contributed by atoms with E-state index in [1.165, 1.54) is 43.1 Å². The number of benzene rings is 10. The van der Waals surface area contributed by atoms with Crippen LogP contribution in [-0.4, -0.2) is 11.9 Å². The molecule has 256 valence electrons. The summed E-state index contributed by atoms with van der Waals surface area (Å²) in [6.07, 6.45) is 2.70. The molecule has 10 aromatic rings. The van der Waals surface area contributed by atoms with Crippen LogP contribution in [0.1, 0.15) is 43.0 Å². The predicted octanol–water partition coefficient (Wildman–Crippen LogP) is 11.8. The fourth-order valence-electron chi connectivity index (χ4n) is 8.73. The van der Waals surface area contributed by atoms with Crippen LogP contribution >= 0.6 is 0 Å². The lowest BCUT2D eigenvalue weighted by molar-refractivity contribution is 0.0724. The van der Waals surface area contributed by atoms with E-state index in [4.69, 9.17) is 9.47 Å². The van der Waals surface area contributed by atoms with Crippen molar-refractivity contribution in [3.05, 3.63) is 179 Å². The van der Waals surface area contributed by atoms with E-state index in [2.05, 4.69) is 109 Å². The van der Waals surface area contributed by atoms with Crippen LogP contribution in [0.4, 0.5) is 0 Å². The fraction of sp³-hybridized carbons (Fsp3) is 0.0800. The third-order valence-electron chi connectivity index (χ3n) is 11.4. The fourth-order valence-corrected chi connectivity index (χ4v) is 8.73. The first-order chi connectivity index (χ1) is 26.5. The molecule has 4 heteroatoms. The van der Waals surface area contributed by atoms with E-state index in [1.807, 2.05) is 36.4 Å². The van der Waals surface area contributed by atoms with Crippen LogP contribution in [0.25, 0.3) is 64.6 Å². The molecule has 0 aromatic heterocycles. The Morgan fingerprint density at radius 3 is 1.06 bits per heavy atom. The molecule has 4 aliphatic rings. The second-order valence-corrected chi connectivity index (χ2v) is 14.7. The topological polar surface area (TPSA) is 52.6 Å². The van der Waals surface area contributed by atoms with Crippen LogP contribution in [0.2, 0.25) is 0 Å². The van der Waals surface area contributed by atoms with Crippen LogP contribution in [0.5, 0.6) is 11.5 Å². The van der Waals surface area contributed by atoms with Crippen LogP contribution in [0, 0.1) is 0 Å². The molecule has 0 aliphatic heterocycles. The minimum absolute atomic E-state index is 0.365. The minimum Gasteiger partial charge on any atom is -0.423 e. The average molecular weight is 697 g/mol. The maximum absolute atomic E-state index is 13.8. The smallest absolute Gasteiger partial charge is 0.343 e. The highest BCUT2D eigenvalue weighted by atomic mass is 16.5. The zero-order valence-corrected chi connectivity index (χ0v) is 29.3. The Labute approximate surface area is 310 Å². The molecular formula is C50H32O4. The predicted molar refractivity (Wildman–Crippen MR) is 218 cm³/mol. The minimum atomic E-state index is -0.365. The molecule has 0 N–H and O–H groups in total. The van der Waals surface area contributed by atoms with Crippen molar-refractivity contribution in [1.29, 1.82) is 0 Å². The molecule has 54 heavy (non-hydrogen) atoms. The molecule has 0 unspecified atom stereocenters. The molecule has 0 saturated heterocycles. The van der Waals surface area contributed by atoms with E-state index in [1.54, 1.807) is 0 Å². The molecule has 0 spiro atoms. The number of ether oxygens (including phenoxy) is 2. The third kappa shape index (κ3) is 4.98. The van der Waals surface area contributed by atoms with Crippen molar-refractivity contribution in [2.75, 3.05) is 0 Å². The molecule has 0 radical (unpaired) electrons. The molecule has 0 fully saturated rings. The van der Waals surface area contributed by atoms with Crippen molar-refractivity contribution < 1.29 is 19.1 Å². The third-order valence-corrected chi connectivity index (χ3v) is 11.4. The summed E-state index contributed by atoms with van der Waals surface area (Å²) < 4.78 is 12.4. The summed E-state index contributed by atoms with van der Waals surface area (Å²) in [5.74, 6) is 0.461. The molecule has 4 bridgehead atoms. The van der Waals surface area contributed by atoms with Gasteiger partial charge < -0.3 is 9.47 Å². The molecule has 14 rings (SSSR count). The highest BCUT2D eigenvalue weighted by molar-refractivity contribution is 6.25. The Hall–Kier alpha value is -6.78. The van der Waals surface area contributed by atoms with Crippen LogP contribution < -0.4 is 9.47 Å². The number of carbonyl (C=O) groups is 2. The van der Waals surface area contributed by atoms with Gasteiger partial charge in [0.2, 0.25) is 0 Å². The largest absolute Gasteiger partial charge is 0.423 e. The van der Waals surface area contributed by atoms with Gasteiger partial charge in [-0.3, -0.25) is 0 Å². The summed E-state index contributed by atoms with van der Waals surface area (Å²) in [4.78, 5) is 27.6. The summed E-state index contributed by atoms with van der Waals surface area (Å²) in [6, 6.07) is 49.7. The lowest BCUT2D eigenvalue weighted by Gasteiger charge is -2.17. The number of esters is 2. The van der Waals surface area contributed by atoms with E-state index in [0.29, 0.717) is 48.3 Å². The van der Waals surface area contributed by atoms with E-state index >= 15 is 0 Å². The average Bonchev–Trinajstić information content (AvgIpc) is 3.20. The molecular weight excluding hydrogens is 665 g/mol. The normalized spacial score (nSPS) is 13.0. The van der Waals surface area contributed by atoms with Crippen molar-refractivity contribution in [2.45, 2.75) is 25.7 Å². The number of hydrogen-bond donors (Lipinski definition) is 0. The molecule has 0 saturated carbocycles. The number of rotatable bonds is 4. The summed E-state index contributed by atoms with van der Waals surface area (Å²) >= 11 is 0. The van der Waals surface area contributed by atoms with Crippen molar-refractivity contribution in [1.82, 2.24) is 0 Å². The van der Waals surface area contributed by atoms with Gasteiger partial charge in [0.1, 0.15) is 11.5 Å². The van der Waals surface area contributed by atoms with Gasteiger partial charge >= 0.3 is 11.9 Å². The number of carbonyl (C=O) groups excluding carboxylic acids is 2. The molecule has 0 atom stereocenters. The summed E-state index contributed by atoms with van der Waals surface area (Å²) in [6.45, 7) is 0. The quantitative estimate of drug-likeness (QED) is 0.104. The van der Waals surface area contributed by atoms with Gasteiger partial charge in [0.25, 0.3) is 0 Å². The maximum atomic E-state index is 13.8. The zero-order chi connectivity index (χ0) is 35.9. The first-order valence-electron chi connectivity index (χ1n) is 18.6. The van der Waals surface area contributed by atoms with Gasteiger partial charge in [-0.05, 0) is 149 Å². The second kappa shape index (κ2) is 11.9. The maximum Gasteiger partial charge on any atom is 0.343 e.